The maximum absolute atomic E-state index is 12.0. The van der Waals surface area contributed by atoms with E-state index in [9.17, 15) is 18.0 Å². The van der Waals surface area contributed by atoms with Crippen molar-refractivity contribution in [2.24, 2.45) is 11.1 Å². The van der Waals surface area contributed by atoms with E-state index < -0.39 is 27.9 Å². The van der Waals surface area contributed by atoms with Crippen LogP contribution in [0.5, 0.6) is 0 Å². The Morgan fingerprint density at radius 2 is 1.81 bits per heavy atom. The average molecular weight is 314 g/mol. The predicted octanol–water partition coefficient (Wildman–Crippen LogP) is 0.563. The van der Waals surface area contributed by atoms with Gasteiger partial charge in [-0.3, -0.25) is 4.79 Å². The molecule has 1 aromatic rings. The Balaban J connectivity index is 2.91. The fourth-order valence-corrected chi connectivity index (χ4v) is 2.22. The van der Waals surface area contributed by atoms with Crippen LogP contribution in [-0.4, -0.2) is 31.4 Å². The number of carbonyl (C=O) groups excluding carboxylic acids is 1. The third kappa shape index (κ3) is 4.54. The van der Waals surface area contributed by atoms with E-state index in [2.05, 4.69) is 5.32 Å². The van der Waals surface area contributed by atoms with Gasteiger partial charge in [0.25, 0.3) is 5.91 Å². The number of primary sulfonamides is 1. The number of sulfonamides is 1. The molecule has 0 aliphatic rings. The van der Waals surface area contributed by atoms with Crippen molar-refractivity contribution >= 4 is 21.9 Å². The molecule has 116 valence electrons. The fourth-order valence-electron chi connectivity index (χ4n) is 1.70. The number of carbonyl (C=O) groups is 2. The molecule has 0 fully saturated rings. The molecule has 0 spiro atoms. The van der Waals surface area contributed by atoms with Crippen LogP contribution in [0.3, 0.4) is 0 Å². The van der Waals surface area contributed by atoms with Gasteiger partial charge in [-0.1, -0.05) is 20.3 Å². The molecular formula is C13H18N2O5S. The first-order valence-corrected chi connectivity index (χ1v) is 7.88. The molecule has 0 aliphatic heterocycles. The number of hydrogen-bond acceptors (Lipinski definition) is 4. The highest BCUT2D eigenvalue weighted by Crippen LogP contribution is 2.11. The monoisotopic (exact) mass is 314 g/mol. The Labute approximate surface area is 123 Å². The number of amides is 1. The summed E-state index contributed by atoms with van der Waals surface area (Å²) in [6, 6.07) is 3.96. The lowest BCUT2D eigenvalue weighted by Gasteiger charge is -2.20. The molecule has 0 saturated carbocycles. The summed E-state index contributed by atoms with van der Waals surface area (Å²) in [7, 11) is -3.82. The van der Waals surface area contributed by atoms with Crippen molar-refractivity contribution in [3.63, 3.8) is 0 Å². The summed E-state index contributed by atoms with van der Waals surface area (Å²) in [5, 5.41) is 16.5. The maximum atomic E-state index is 12.0. The first kappa shape index (κ1) is 17.1. The quantitative estimate of drug-likeness (QED) is 0.707. The van der Waals surface area contributed by atoms with Crippen LogP contribution < -0.4 is 10.5 Å². The van der Waals surface area contributed by atoms with Gasteiger partial charge in [-0.2, -0.15) is 0 Å². The Kier molecular flexibility index (Phi) is 5.45. The first-order valence-electron chi connectivity index (χ1n) is 6.33. The van der Waals surface area contributed by atoms with Crippen molar-refractivity contribution in [3.8, 4) is 0 Å². The van der Waals surface area contributed by atoms with Crippen LogP contribution in [0.4, 0.5) is 0 Å². The molecule has 0 saturated heterocycles. The minimum absolute atomic E-state index is 0.115. The summed E-state index contributed by atoms with van der Waals surface area (Å²) in [5.74, 6) is -1.92. The zero-order chi connectivity index (χ0) is 16.2. The minimum atomic E-state index is -3.82. The van der Waals surface area contributed by atoms with Gasteiger partial charge in [0.05, 0.1) is 4.90 Å². The molecule has 8 heteroatoms. The summed E-state index contributed by atoms with van der Waals surface area (Å²) >= 11 is 0. The van der Waals surface area contributed by atoms with Crippen LogP contribution in [0.15, 0.2) is 29.2 Å². The normalized spacial score (nSPS) is 14.2. The number of benzene rings is 1. The second kappa shape index (κ2) is 6.68. The van der Waals surface area contributed by atoms with Gasteiger partial charge < -0.3 is 10.4 Å². The first-order chi connectivity index (χ1) is 9.66. The van der Waals surface area contributed by atoms with Gasteiger partial charge in [0.2, 0.25) is 10.0 Å². The molecule has 1 aromatic carbocycles. The molecule has 0 radical (unpaired) electrons. The Bertz CT molecular complexity index is 624. The van der Waals surface area contributed by atoms with Crippen LogP contribution in [0.2, 0.25) is 0 Å². The van der Waals surface area contributed by atoms with Crippen molar-refractivity contribution in [2.75, 3.05) is 0 Å². The molecule has 21 heavy (non-hydrogen) atoms. The molecule has 0 bridgehead atoms. The van der Waals surface area contributed by atoms with Gasteiger partial charge in [0.1, 0.15) is 6.04 Å². The molecule has 0 aliphatic carbocycles. The van der Waals surface area contributed by atoms with Crippen LogP contribution in [0, 0.1) is 5.92 Å². The molecule has 0 heterocycles. The van der Waals surface area contributed by atoms with Gasteiger partial charge >= 0.3 is 5.97 Å². The summed E-state index contributed by atoms with van der Waals surface area (Å²) in [4.78, 5) is 23.0. The van der Waals surface area contributed by atoms with E-state index in [1.54, 1.807) is 6.92 Å². The number of nitrogens with two attached hydrogens (primary N) is 1. The van der Waals surface area contributed by atoms with E-state index in [0.29, 0.717) is 6.42 Å². The van der Waals surface area contributed by atoms with E-state index >= 15 is 0 Å². The van der Waals surface area contributed by atoms with E-state index in [1.807, 2.05) is 6.92 Å². The summed E-state index contributed by atoms with van der Waals surface area (Å²) in [5.41, 5.74) is 0.164. The lowest BCUT2D eigenvalue weighted by Crippen LogP contribution is -2.45. The Hall–Kier alpha value is -1.93. The largest absolute Gasteiger partial charge is 0.480 e. The summed E-state index contributed by atoms with van der Waals surface area (Å²) in [6.45, 7) is 3.55. The highest BCUT2D eigenvalue weighted by molar-refractivity contribution is 7.89. The average Bonchev–Trinajstić information content (AvgIpc) is 2.42. The second-order valence-electron chi connectivity index (χ2n) is 4.74. The second-order valence-corrected chi connectivity index (χ2v) is 6.31. The van der Waals surface area contributed by atoms with Crippen molar-refractivity contribution in [3.05, 3.63) is 29.8 Å². The SMILES string of the molecule is CC[C@@H](C)[C@H](NC(=O)c1ccc(S(N)(=O)=O)cc1)C(=O)O. The minimum Gasteiger partial charge on any atom is -0.480 e. The number of hydrogen-bond donors (Lipinski definition) is 3. The van der Waals surface area contributed by atoms with E-state index in [-0.39, 0.29) is 16.4 Å². The number of carboxylic acids is 1. The summed E-state index contributed by atoms with van der Waals surface area (Å²) < 4.78 is 22.2. The van der Waals surface area contributed by atoms with Gasteiger partial charge in [0.15, 0.2) is 0 Å². The zero-order valence-electron chi connectivity index (χ0n) is 11.7. The highest BCUT2D eigenvalue weighted by atomic mass is 32.2. The predicted molar refractivity (Wildman–Crippen MR) is 76.2 cm³/mol. The summed E-state index contributed by atoms with van der Waals surface area (Å²) in [6.07, 6.45) is 0.599. The Morgan fingerprint density at radius 1 is 1.29 bits per heavy atom. The van der Waals surface area contributed by atoms with Crippen molar-refractivity contribution < 1.29 is 23.1 Å². The van der Waals surface area contributed by atoms with Crippen LogP contribution >= 0.6 is 0 Å². The van der Waals surface area contributed by atoms with Crippen molar-refractivity contribution in [1.29, 1.82) is 0 Å². The molecule has 0 unspecified atom stereocenters. The van der Waals surface area contributed by atoms with Crippen molar-refractivity contribution in [2.45, 2.75) is 31.2 Å². The number of rotatable bonds is 6. The number of nitrogens with one attached hydrogen (secondary N) is 1. The highest BCUT2D eigenvalue weighted by Gasteiger charge is 2.25. The number of aliphatic carboxylic acids is 1. The molecular weight excluding hydrogens is 296 g/mol. The topological polar surface area (TPSA) is 127 Å². The van der Waals surface area contributed by atoms with Gasteiger partial charge in [-0.15, -0.1) is 0 Å². The van der Waals surface area contributed by atoms with Crippen LogP contribution in [-0.2, 0) is 14.8 Å². The van der Waals surface area contributed by atoms with E-state index in [1.165, 1.54) is 24.3 Å². The fraction of sp³-hybridized carbons (Fsp3) is 0.385. The maximum Gasteiger partial charge on any atom is 0.326 e. The Morgan fingerprint density at radius 3 is 2.19 bits per heavy atom. The van der Waals surface area contributed by atoms with Crippen LogP contribution in [0.25, 0.3) is 0 Å². The molecule has 2 atom stereocenters. The van der Waals surface area contributed by atoms with Crippen LogP contribution in [0.1, 0.15) is 30.6 Å². The van der Waals surface area contributed by atoms with Gasteiger partial charge in [-0.25, -0.2) is 18.4 Å². The molecule has 0 aromatic heterocycles. The zero-order valence-corrected chi connectivity index (χ0v) is 12.6. The lowest BCUT2D eigenvalue weighted by atomic mass is 9.99. The third-order valence-corrected chi connectivity index (χ3v) is 4.14. The van der Waals surface area contributed by atoms with Gasteiger partial charge in [0, 0.05) is 5.56 Å². The molecule has 7 nitrogen and oxygen atoms in total. The van der Waals surface area contributed by atoms with E-state index in [0.717, 1.165) is 0 Å². The lowest BCUT2D eigenvalue weighted by molar-refractivity contribution is -0.140. The number of carboxylic acid groups (broad SMARTS) is 1. The standard InChI is InChI=1S/C13H18N2O5S/c1-3-8(2)11(13(17)18)15-12(16)9-4-6-10(7-5-9)21(14,19)20/h4-8,11H,3H2,1-2H3,(H,15,16)(H,17,18)(H2,14,19,20)/t8-,11+/m1/s1. The van der Waals surface area contributed by atoms with Crippen molar-refractivity contribution in [1.82, 2.24) is 5.32 Å². The molecule has 1 rings (SSSR count). The third-order valence-electron chi connectivity index (χ3n) is 3.21. The molecule has 4 N–H and O–H groups in total. The van der Waals surface area contributed by atoms with Gasteiger partial charge in [-0.05, 0) is 30.2 Å². The smallest absolute Gasteiger partial charge is 0.326 e. The molecule has 1 amide bonds. The van der Waals surface area contributed by atoms with E-state index in [4.69, 9.17) is 10.2 Å².